The van der Waals surface area contributed by atoms with E-state index in [0.29, 0.717) is 11.9 Å². The zero-order valence-corrected chi connectivity index (χ0v) is 15.5. The van der Waals surface area contributed by atoms with Gasteiger partial charge in [-0.1, -0.05) is 12.1 Å². The van der Waals surface area contributed by atoms with Crippen LogP contribution in [0.1, 0.15) is 24.5 Å². The summed E-state index contributed by atoms with van der Waals surface area (Å²) in [6.07, 6.45) is 4.25. The van der Waals surface area contributed by atoms with E-state index in [2.05, 4.69) is 42.1 Å². The summed E-state index contributed by atoms with van der Waals surface area (Å²) in [6.45, 7) is 0. The maximum atomic E-state index is 4.72. The molecule has 1 aliphatic carbocycles. The Hall–Kier alpha value is -3.94. The molecule has 29 heavy (non-hydrogen) atoms. The van der Waals surface area contributed by atoms with Crippen LogP contribution in [0, 0.1) is 0 Å². The standard InChI is InChI=1S/C21H18N8/c1-2-4-17-15(3-1)20(25-19-10-18(28-29-19)12-5-6-12)26-21(24-17)23-14-7-8-16-13(9-14)11-22-27-16/h1-4,7-12H,5-6H2,(H,22,27)(H3,23,24,25,26,28,29). The van der Waals surface area contributed by atoms with Gasteiger partial charge in [-0.3, -0.25) is 10.2 Å². The van der Waals surface area contributed by atoms with Crippen LogP contribution >= 0.6 is 0 Å². The zero-order chi connectivity index (χ0) is 19.2. The minimum atomic E-state index is 0.520. The molecule has 142 valence electrons. The summed E-state index contributed by atoms with van der Waals surface area (Å²) in [5.74, 6) is 2.63. The van der Waals surface area contributed by atoms with E-state index in [-0.39, 0.29) is 0 Å². The number of anilines is 4. The van der Waals surface area contributed by atoms with Gasteiger partial charge in [0.1, 0.15) is 5.82 Å². The summed E-state index contributed by atoms with van der Waals surface area (Å²) in [5.41, 5.74) is 3.92. The van der Waals surface area contributed by atoms with Crippen molar-refractivity contribution in [3.63, 3.8) is 0 Å². The van der Waals surface area contributed by atoms with E-state index >= 15 is 0 Å². The van der Waals surface area contributed by atoms with Crippen molar-refractivity contribution in [2.45, 2.75) is 18.8 Å². The summed E-state index contributed by atoms with van der Waals surface area (Å²) in [7, 11) is 0. The minimum Gasteiger partial charge on any atom is -0.324 e. The normalized spacial score (nSPS) is 13.8. The van der Waals surface area contributed by atoms with Crippen molar-refractivity contribution in [2.24, 2.45) is 0 Å². The third-order valence-electron chi connectivity index (χ3n) is 5.16. The topological polar surface area (TPSA) is 107 Å². The van der Waals surface area contributed by atoms with Gasteiger partial charge in [0.2, 0.25) is 5.95 Å². The molecule has 4 N–H and O–H groups in total. The molecule has 5 aromatic rings. The highest BCUT2D eigenvalue weighted by atomic mass is 15.2. The van der Waals surface area contributed by atoms with Gasteiger partial charge in [0.25, 0.3) is 0 Å². The molecule has 6 rings (SSSR count). The lowest BCUT2D eigenvalue weighted by molar-refractivity contribution is 0.966. The van der Waals surface area contributed by atoms with Crippen LogP contribution in [0.3, 0.4) is 0 Å². The SMILES string of the molecule is c1ccc2c(Nc3cc(C4CC4)[nH]n3)nc(Nc3ccc4[nH]ncc4c3)nc2c1. The first-order valence-electron chi connectivity index (χ1n) is 9.61. The molecule has 0 atom stereocenters. The van der Waals surface area contributed by atoms with E-state index in [1.165, 1.54) is 18.5 Å². The smallest absolute Gasteiger partial charge is 0.229 e. The van der Waals surface area contributed by atoms with Crippen LogP contribution in [0.4, 0.5) is 23.3 Å². The quantitative estimate of drug-likeness (QED) is 0.354. The highest BCUT2D eigenvalue weighted by Crippen LogP contribution is 2.39. The third-order valence-corrected chi connectivity index (χ3v) is 5.16. The van der Waals surface area contributed by atoms with E-state index in [4.69, 9.17) is 4.98 Å². The molecule has 1 fully saturated rings. The molecule has 1 aliphatic rings. The Labute approximate surface area is 165 Å². The van der Waals surface area contributed by atoms with Crippen molar-refractivity contribution in [3.05, 3.63) is 60.4 Å². The Morgan fingerprint density at radius 3 is 2.79 bits per heavy atom. The van der Waals surface area contributed by atoms with Gasteiger partial charge in [0.05, 0.1) is 17.2 Å². The molecule has 3 aromatic heterocycles. The highest BCUT2D eigenvalue weighted by Gasteiger charge is 2.25. The summed E-state index contributed by atoms with van der Waals surface area (Å²) in [6, 6.07) is 16.0. The summed E-state index contributed by atoms with van der Waals surface area (Å²) in [4.78, 5) is 9.39. The fourth-order valence-corrected chi connectivity index (χ4v) is 3.50. The first kappa shape index (κ1) is 16.1. The van der Waals surface area contributed by atoms with Gasteiger partial charge in [0, 0.05) is 34.1 Å². The fourth-order valence-electron chi connectivity index (χ4n) is 3.50. The lowest BCUT2D eigenvalue weighted by Crippen LogP contribution is -2.02. The Morgan fingerprint density at radius 1 is 0.931 bits per heavy atom. The lowest BCUT2D eigenvalue weighted by atomic mass is 10.2. The van der Waals surface area contributed by atoms with Crippen LogP contribution in [0.2, 0.25) is 0 Å². The molecule has 0 aliphatic heterocycles. The number of benzene rings is 2. The Balaban J connectivity index is 1.37. The van der Waals surface area contributed by atoms with Crippen molar-refractivity contribution in [3.8, 4) is 0 Å². The van der Waals surface area contributed by atoms with Gasteiger partial charge in [-0.2, -0.15) is 15.2 Å². The lowest BCUT2D eigenvalue weighted by Gasteiger charge is -2.10. The van der Waals surface area contributed by atoms with Gasteiger partial charge >= 0.3 is 0 Å². The van der Waals surface area contributed by atoms with Crippen molar-refractivity contribution in [1.29, 1.82) is 0 Å². The third kappa shape index (κ3) is 3.04. The predicted octanol–water partition coefficient (Wildman–Crippen LogP) is 4.59. The van der Waals surface area contributed by atoms with Crippen LogP contribution in [0.25, 0.3) is 21.8 Å². The second-order valence-corrected chi connectivity index (χ2v) is 7.32. The molecule has 0 unspecified atom stereocenters. The molecule has 0 spiro atoms. The average molecular weight is 382 g/mol. The number of aromatic nitrogens is 6. The Morgan fingerprint density at radius 2 is 1.86 bits per heavy atom. The number of rotatable bonds is 5. The second kappa shape index (κ2) is 6.30. The molecular formula is C21H18N8. The molecular weight excluding hydrogens is 364 g/mol. The number of nitrogens with zero attached hydrogens (tertiary/aromatic N) is 4. The number of nitrogens with one attached hydrogen (secondary N) is 4. The monoisotopic (exact) mass is 382 g/mol. The average Bonchev–Trinajstić information content (AvgIpc) is 3.30. The fraction of sp³-hybridized carbons (Fsp3) is 0.143. The van der Waals surface area contributed by atoms with Crippen molar-refractivity contribution < 1.29 is 0 Å². The molecule has 1 saturated carbocycles. The largest absolute Gasteiger partial charge is 0.324 e. The summed E-state index contributed by atoms with van der Waals surface area (Å²) < 4.78 is 0. The van der Waals surface area contributed by atoms with Crippen LogP contribution < -0.4 is 10.6 Å². The zero-order valence-electron chi connectivity index (χ0n) is 15.5. The molecule has 0 radical (unpaired) electrons. The maximum absolute atomic E-state index is 4.72. The predicted molar refractivity (Wildman–Crippen MR) is 113 cm³/mol. The summed E-state index contributed by atoms with van der Waals surface area (Å²) in [5, 5.41) is 23.2. The molecule has 0 saturated heterocycles. The van der Waals surface area contributed by atoms with Crippen molar-refractivity contribution in [2.75, 3.05) is 10.6 Å². The van der Waals surface area contributed by atoms with Crippen molar-refractivity contribution >= 4 is 45.1 Å². The van der Waals surface area contributed by atoms with E-state index in [1.54, 1.807) is 6.20 Å². The molecule has 2 aromatic carbocycles. The van der Waals surface area contributed by atoms with Crippen molar-refractivity contribution in [1.82, 2.24) is 30.4 Å². The number of para-hydroxylation sites is 1. The van der Waals surface area contributed by atoms with Gasteiger partial charge in [-0.15, -0.1) is 0 Å². The molecule has 0 bridgehead atoms. The van der Waals surface area contributed by atoms with Crippen LogP contribution in [-0.2, 0) is 0 Å². The maximum Gasteiger partial charge on any atom is 0.229 e. The Kier molecular flexibility index (Phi) is 3.49. The number of H-pyrrole nitrogens is 2. The van der Waals surface area contributed by atoms with Gasteiger partial charge in [-0.05, 0) is 43.2 Å². The molecule has 0 amide bonds. The van der Waals surface area contributed by atoms with Crippen LogP contribution in [0.15, 0.2) is 54.7 Å². The van der Waals surface area contributed by atoms with Crippen LogP contribution in [0.5, 0.6) is 0 Å². The van der Waals surface area contributed by atoms with E-state index in [9.17, 15) is 0 Å². The number of hydrogen-bond acceptors (Lipinski definition) is 6. The summed E-state index contributed by atoms with van der Waals surface area (Å²) >= 11 is 0. The second-order valence-electron chi connectivity index (χ2n) is 7.32. The van der Waals surface area contributed by atoms with Gasteiger partial charge in [-0.25, -0.2) is 4.98 Å². The first-order chi connectivity index (χ1) is 14.3. The minimum absolute atomic E-state index is 0.520. The number of hydrogen-bond donors (Lipinski definition) is 4. The van der Waals surface area contributed by atoms with E-state index in [0.717, 1.165) is 39.1 Å². The van der Waals surface area contributed by atoms with Gasteiger partial charge in [0.15, 0.2) is 5.82 Å². The number of fused-ring (bicyclic) bond motifs is 2. The molecule has 3 heterocycles. The molecule has 8 heteroatoms. The van der Waals surface area contributed by atoms with Crippen LogP contribution in [-0.4, -0.2) is 30.4 Å². The first-order valence-corrected chi connectivity index (χ1v) is 9.61. The Bertz CT molecular complexity index is 1330. The highest BCUT2D eigenvalue weighted by molar-refractivity contribution is 5.92. The number of aromatic amines is 2. The van der Waals surface area contributed by atoms with E-state index < -0.39 is 0 Å². The van der Waals surface area contributed by atoms with E-state index in [1.807, 2.05) is 42.5 Å². The van der Waals surface area contributed by atoms with Gasteiger partial charge < -0.3 is 10.6 Å². The molecule has 8 nitrogen and oxygen atoms in total.